The normalized spacial score (nSPS) is 38.3. The fourth-order valence-corrected chi connectivity index (χ4v) is 4.84. The molecule has 3 atom stereocenters. The summed E-state index contributed by atoms with van der Waals surface area (Å²) in [4.78, 5) is 11.5. The first-order valence-corrected chi connectivity index (χ1v) is 7.65. The second-order valence-electron chi connectivity index (χ2n) is 6.89. The maximum atomic E-state index is 11.5. The molecule has 2 nitrogen and oxygen atoms in total. The third-order valence-corrected chi connectivity index (χ3v) is 5.82. The van der Waals surface area contributed by atoms with Gasteiger partial charge in [-0.2, -0.15) is 0 Å². The highest BCUT2D eigenvalue weighted by Gasteiger charge is 2.49. The second kappa shape index (κ2) is 4.50. The summed E-state index contributed by atoms with van der Waals surface area (Å²) in [6.07, 6.45) is 10.0. The minimum absolute atomic E-state index is 0.111. The number of hydrogen-bond acceptors (Lipinski definition) is 1. The molecule has 3 rings (SSSR count). The third-order valence-electron chi connectivity index (χ3n) is 5.82. The first-order chi connectivity index (χ1) is 9.02. The SMILES string of the molecule is CC1=CC2=C(CC1)C1(C)CCCC(C(=O)O)C1CC2. The van der Waals surface area contributed by atoms with Crippen molar-refractivity contribution in [1.82, 2.24) is 0 Å². The quantitative estimate of drug-likeness (QED) is 0.762. The van der Waals surface area contributed by atoms with Crippen LogP contribution in [0.3, 0.4) is 0 Å². The summed E-state index contributed by atoms with van der Waals surface area (Å²) in [7, 11) is 0. The van der Waals surface area contributed by atoms with Crippen LogP contribution in [0, 0.1) is 17.3 Å². The molecule has 0 radical (unpaired) electrons. The molecule has 0 amide bonds. The van der Waals surface area contributed by atoms with Crippen molar-refractivity contribution in [1.29, 1.82) is 0 Å². The van der Waals surface area contributed by atoms with E-state index in [4.69, 9.17) is 0 Å². The van der Waals surface area contributed by atoms with Crippen molar-refractivity contribution in [2.75, 3.05) is 0 Å². The highest BCUT2D eigenvalue weighted by atomic mass is 16.4. The summed E-state index contributed by atoms with van der Waals surface area (Å²) in [5, 5.41) is 9.50. The molecular formula is C17H24O2. The lowest BCUT2D eigenvalue weighted by Crippen LogP contribution is -2.44. The third kappa shape index (κ3) is 1.96. The summed E-state index contributed by atoms with van der Waals surface area (Å²) >= 11 is 0. The van der Waals surface area contributed by atoms with Gasteiger partial charge in [-0.15, -0.1) is 0 Å². The Labute approximate surface area is 115 Å². The van der Waals surface area contributed by atoms with Crippen LogP contribution in [0.4, 0.5) is 0 Å². The second-order valence-corrected chi connectivity index (χ2v) is 6.89. The van der Waals surface area contributed by atoms with E-state index in [1.54, 1.807) is 5.57 Å². The summed E-state index contributed by atoms with van der Waals surface area (Å²) in [5.41, 5.74) is 4.78. The van der Waals surface area contributed by atoms with Crippen molar-refractivity contribution >= 4 is 5.97 Å². The average molecular weight is 260 g/mol. The molecule has 0 saturated heterocycles. The van der Waals surface area contributed by atoms with Gasteiger partial charge in [0.1, 0.15) is 0 Å². The molecule has 1 fully saturated rings. The van der Waals surface area contributed by atoms with Crippen molar-refractivity contribution in [3.8, 4) is 0 Å². The molecule has 0 heterocycles. The Kier molecular flexibility index (Phi) is 3.07. The Balaban J connectivity index is 2.01. The van der Waals surface area contributed by atoms with Gasteiger partial charge in [0.05, 0.1) is 5.92 Å². The molecule has 104 valence electrons. The van der Waals surface area contributed by atoms with E-state index in [-0.39, 0.29) is 11.3 Å². The zero-order valence-corrected chi connectivity index (χ0v) is 12.0. The van der Waals surface area contributed by atoms with Gasteiger partial charge in [0.2, 0.25) is 0 Å². The van der Waals surface area contributed by atoms with Crippen LogP contribution in [0.25, 0.3) is 0 Å². The Bertz CT molecular complexity index is 472. The van der Waals surface area contributed by atoms with Gasteiger partial charge in [-0.1, -0.05) is 30.6 Å². The van der Waals surface area contributed by atoms with Crippen molar-refractivity contribution in [2.45, 2.75) is 58.8 Å². The van der Waals surface area contributed by atoms with Crippen LogP contribution in [0.5, 0.6) is 0 Å². The molecule has 2 heteroatoms. The van der Waals surface area contributed by atoms with E-state index in [1.807, 2.05) is 0 Å². The summed E-state index contributed by atoms with van der Waals surface area (Å²) in [6, 6.07) is 0. The number of aliphatic carboxylic acids is 1. The molecule has 1 N–H and O–H groups in total. The molecule has 0 bridgehead atoms. The van der Waals surface area contributed by atoms with Crippen LogP contribution in [0.1, 0.15) is 58.8 Å². The van der Waals surface area contributed by atoms with E-state index < -0.39 is 5.97 Å². The topological polar surface area (TPSA) is 37.3 Å². The van der Waals surface area contributed by atoms with E-state index in [0.29, 0.717) is 5.92 Å². The number of rotatable bonds is 1. The van der Waals surface area contributed by atoms with Gasteiger partial charge < -0.3 is 5.11 Å². The molecular weight excluding hydrogens is 236 g/mol. The molecule has 1 saturated carbocycles. The Morgan fingerprint density at radius 1 is 1.32 bits per heavy atom. The highest BCUT2D eigenvalue weighted by molar-refractivity contribution is 5.71. The van der Waals surface area contributed by atoms with E-state index in [9.17, 15) is 9.90 Å². The van der Waals surface area contributed by atoms with E-state index in [2.05, 4.69) is 19.9 Å². The molecule has 0 aromatic carbocycles. The molecule has 0 aromatic heterocycles. The van der Waals surface area contributed by atoms with E-state index >= 15 is 0 Å². The standard InChI is InChI=1S/C17H24O2/c1-11-5-7-14-12(10-11)6-8-15-13(16(18)19)4-3-9-17(14,15)2/h10,13,15H,3-9H2,1-2H3,(H,18,19). The number of allylic oxidation sites excluding steroid dienone is 4. The van der Waals surface area contributed by atoms with Crippen LogP contribution in [0.2, 0.25) is 0 Å². The molecule has 3 unspecified atom stereocenters. The predicted octanol–water partition coefficient (Wildman–Crippen LogP) is 4.32. The van der Waals surface area contributed by atoms with Crippen molar-refractivity contribution in [2.24, 2.45) is 17.3 Å². The van der Waals surface area contributed by atoms with Crippen LogP contribution in [-0.2, 0) is 4.79 Å². The summed E-state index contributed by atoms with van der Waals surface area (Å²) in [6.45, 7) is 4.56. The zero-order valence-electron chi connectivity index (χ0n) is 12.0. The minimum atomic E-state index is -0.567. The first kappa shape index (κ1) is 13.0. The fourth-order valence-electron chi connectivity index (χ4n) is 4.84. The fraction of sp³-hybridized carbons (Fsp3) is 0.706. The number of hydrogen-bond donors (Lipinski definition) is 1. The average Bonchev–Trinajstić information content (AvgIpc) is 2.36. The van der Waals surface area contributed by atoms with Crippen molar-refractivity contribution in [3.63, 3.8) is 0 Å². The monoisotopic (exact) mass is 260 g/mol. The van der Waals surface area contributed by atoms with Crippen LogP contribution >= 0.6 is 0 Å². The van der Waals surface area contributed by atoms with Gasteiger partial charge in [0.15, 0.2) is 0 Å². The van der Waals surface area contributed by atoms with Crippen molar-refractivity contribution in [3.05, 3.63) is 22.8 Å². The van der Waals surface area contributed by atoms with Gasteiger partial charge in [0, 0.05) is 0 Å². The van der Waals surface area contributed by atoms with E-state index in [0.717, 1.165) is 32.1 Å². The lowest BCUT2D eigenvalue weighted by Gasteiger charge is -2.51. The first-order valence-electron chi connectivity index (χ1n) is 7.65. The van der Waals surface area contributed by atoms with Gasteiger partial charge in [-0.05, 0) is 62.4 Å². The van der Waals surface area contributed by atoms with Gasteiger partial charge in [-0.3, -0.25) is 4.79 Å². The van der Waals surface area contributed by atoms with Crippen LogP contribution in [-0.4, -0.2) is 11.1 Å². The smallest absolute Gasteiger partial charge is 0.306 e. The highest BCUT2D eigenvalue weighted by Crippen LogP contribution is 2.57. The maximum Gasteiger partial charge on any atom is 0.306 e. The van der Waals surface area contributed by atoms with Gasteiger partial charge in [-0.25, -0.2) is 0 Å². The lowest BCUT2D eigenvalue weighted by atomic mass is 9.53. The van der Waals surface area contributed by atoms with Crippen LogP contribution < -0.4 is 0 Å². The van der Waals surface area contributed by atoms with Crippen LogP contribution in [0.15, 0.2) is 22.8 Å². The Hall–Kier alpha value is -1.05. The molecule has 3 aliphatic carbocycles. The zero-order chi connectivity index (χ0) is 13.6. The number of carboxylic acid groups (broad SMARTS) is 1. The summed E-state index contributed by atoms with van der Waals surface area (Å²) in [5.74, 6) is -0.313. The summed E-state index contributed by atoms with van der Waals surface area (Å²) < 4.78 is 0. The van der Waals surface area contributed by atoms with Gasteiger partial charge >= 0.3 is 5.97 Å². The Morgan fingerprint density at radius 3 is 2.84 bits per heavy atom. The molecule has 0 aromatic rings. The lowest BCUT2D eigenvalue weighted by molar-refractivity contribution is -0.147. The molecule has 0 aliphatic heterocycles. The molecule has 19 heavy (non-hydrogen) atoms. The number of carboxylic acids is 1. The van der Waals surface area contributed by atoms with Crippen molar-refractivity contribution < 1.29 is 9.90 Å². The largest absolute Gasteiger partial charge is 0.481 e. The minimum Gasteiger partial charge on any atom is -0.481 e. The maximum absolute atomic E-state index is 11.5. The predicted molar refractivity (Wildman–Crippen MR) is 75.8 cm³/mol. The molecule has 3 aliphatic rings. The van der Waals surface area contributed by atoms with Gasteiger partial charge in [0.25, 0.3) is 0 Å². The number of carbonyl (C=O) groups is 1. The number of fused-ring (bicyclic) bond motifs is 2. The molecule has 0 spiro atoms. The Morgan fingerprint density at radius 2 is 2.11 bits per heavy atom. The van der Waals surface area contributed by atoms with E-state index in [1.165, 1.54) is 24.0 Å².